The molecular weight excluding hydrogens is 839 g/mol. The number of carbonyl (C=O) groups is 3. The summed E-state index contributed by atoms with van der Waals surface area (Å²) in [5.41, 5.74) is -1.41. The Morgan fingerprint density at radius 3 is 1.21 bits per heavy atom. The first-order valence-electron chi connectivity index (χ1n) is 28.3. The van der Waals surface area contributed by atoms with Crippen LogP contribution in [0.3, 0.4) is 0 Å². The third-order valence-corrected chi connectivity index (χ3v) is 13.7. The number of unbranched alkanes of at least 4 members (excludes halogenated alkanes) is 28. The second-order valence-corrected chi connectivity index (χ2v) is 22.5. The molecule has 0 aliphatic rings. The largest absolute Gasteiger partial charge is 0.450 e. The topological polar surface area (TPSA) is 124 Å². The van der Waals surface area contributed by atoms with E-state index in [4.69, 9.17) is 18.9 Å². The summed E-state index contributed by atoms with van der Waals surface area (Å²) in [5.74, 6) is -0.371. The average Bonchev–Trinajstić information content (AvgIpc) is 3.26. The van der Waals surface area contributed by atoms with Crippen molar-refractivity contribution >= 4 is 18.1 Å². The number of hydrogen-bond acceptors (Lipinski definition) is 7. The summed E-state index contributed by atoms with van der Waals surface area (Å²) in [7, 11) is 1.73. The summed E-state index contributed by atoms with van der Waals surface area (Å²) < 4.78 is 23.0. The van der Waals surface area contributed by atoms with Crippen molar-refractivity contribution in [3.05, 3.63) is 0 Å². The third-order valence-electron chi connectivity index (χ3n) is 13.7. The van der Waals surface area contributed by atoms with Gasteiger partial charge in [0.25, 0.3) is 0 Å². The van der Waals surface area contributed by atoms with Crippen LogP contribution >= 0.6 is 0 Å². The van der Waals surface area contributed by atoms with Gasteiger partial charge in [0.2, 0.25) is 5.91 Å². The fourth-order valence-electron chi connectivity index (χ4n) is 9.55. The molecule has 0 aromatic heterocycles. The number of hydrogen-bond donors (Lipinski definition) is 3. The summed E-state index contributed by atoms with van der Waals surface area (Å²) in [4.78, 5) is 39.9. The van der Waals surface area contributed by atoms with E-state index < -0.39 is 23.8 Å². The van der Waals surface area contributed by atoms with Gasteiger partial charge in [-0.15, -0.1) is 0 Å². The fraction of sp³-hybridized carbons (Fsp3) is 0.947. The maximum Gasteiger partial charge on any atom is 0.407 e. The SMILES string of the molecule is CCCCCCCCCCCCCCCCCCOC(=O)NC(CNC(=O)OCCCCCCCCCCCCCCCC)C(=O)NC(C)(CC)CC(C)(C)CC(C)(C)OCCC(C)(C)OC. The van der Waals surface area contributed by atoms with Crippen molar-refractivity contribution < 1.29 is 33.3 Å². The van der Waals surface area contributed by atoms with Crippen molar-refractivity contribution in [1.82, 2.24) is 16.0 Å². The fourth-order valence-corrected chi connectivity index (χ4v) is 9.55. The lowest BCUT2D eigenvalue weighted by Crippen LogP contribution is -2.58. The van der Waals surface area contributed by atoms with Gasteiger partial charge in [0.15, 0.2) is 0 Å². The van der Waals surface area contributed by atoms with Crippen LogP contribution in [0.2, 0.25) is 0 Å². The number of amides is 3. The molecule has 0 aliphatic heterocycles. The van der Waals surface area contributed by atoms with Crippen LogP contribution in [0, 0.1) is 5.41 Å². The molecule has 3 amide bonds. The summed E-state index contributed by atoms with van der Waals surface area (Å²) in [6, 6.07) is -1.04. The first kappa shape index (κ1) is 64.9. The minimum absolute atomic E-state index is 0.112. The van der Waals surface area contributed by atoms with Crippen molar-refractivity contribution in [3.63, 3.8) is 0 Å². The Kier molecular flexibility index (Phi) is 39.4. The Labute approximate surface area is 415 Å². The van der Waals surface area contributed by atoms with Gasteiger partial charge in [0.05, 0.1) is 37.6 Å². The van der Waals surface area contributed by atoms with Crippen LogP contribution in [0.25, 0.3) is 0 Å². The van der Waals surface area contributed by atoms with Crippen molar-refractivity contribution in [1.29, 1.82) is 0 Å². The molecule has 67 heavy (non-hydrogen) atoms. The molecule has 0 saturated heterocycles. The van der Waals surface area contributed by atoms with Crippen LogP contribution in [0.15, 0.2) is 0 Å². The first-order chi connectivity index (χ1) is 31.9. The summed E-state index contributed by atoms with van der Waals surface area (Å²) in [6.45, 7) is 22.5. The summed E-state index contributed by atoms with van der Waals surface area (Å²) in [6.07, 6.45) is 39.7. The number of alkyl carbamates (subject to hydrolysis) is 2. The van der Waals surface area contributed by atoms with Crippen LogP contribution < -0.4 is 16.0 Å². The van der Waals surface area contributed by atoms with E-state index in [-0.39, 0.29) is 35.7 Å². The lowest BCUT2D eigenvalue weighted by atomic mass is 9.72. The molecule has 0 radical (unpaired) electrons. The monoisotopic (exact) mass is 952 g/mol. The van der Waals surface area contributed by atoms with Gasteiger partial charge in [-0.1, -0.05) is 214 Å². The highest BCUT2D eigenvalue weighted by Gasteiger charge is 2.38. The maximum absolute atomic E-state index is 14.0. The molecule has 0 bridgehead atoms. The Bertz CT molecular complexity index is 1190. The molecule has 0 rings (SSSR count). The lowest BCUT2D eigenvalue weighted by molar-refractivity contribution is -0.125. The Balaban J connectivity index is 5.00. The van der Waals surface area contributed by atoms with E-state index in [9.17, 15) is 14.4 Å². The Hall–Kier alpha value is -2.07. The van der Waals surface area contributed by atoms with E-state index in [2.05, 4.69) is 78.3 Å². The van der Waals surface area contributed by atoms with Crippen molar-refractivity contribution in [3.8, 4) is 0 Å². The Morgan fingerprint density at radius 1 is 0.463 bits per heavy atom. The molecule has 0 heterocycles. The lowest BCUT2D eigenvalue weighted by Gasteiger charge is -2.42. The first-order valence-corrected chi connectivity index (χ1v) is 28.3. The zero-order valence-electron chi connectivity index (χ0n) is 46.3. The van der Waals surface area contributed by atoms with Gasteiger partial charge in [-0.25, -0.2) is 9.59 Å². The standard InChI is InChI=1S/C57H113N3O7/c1-12-15-17-19-21-23-25-27-29-30-32-34-36-38-40-42-45-66-53(63)59-50(47-58-52(62)65-44-41-39-37-35-33-31-28-26-24-22-20-18-16-13-2)51(61)60-57(10,14-3)49-54(4,5)48-56(8,9)67-46-43-55(6,7)64-11/h50H,12-49H2,1-11H3,(H,58,62)(H,59,63)(H,60,61). The number of carbonyl (C=O) groups excluding carboxylic acids is 3. The van der Waals surface area contributed by atoms with E-state index in [1.165, 1.54) is 154 Å². The van der Waals surface area contributed by atoms with Crippen molar-refractivity contribution in [2.75, 3.05) is 33.5 Å². The van der Waals surface area contributed by atoms with Crippen LogP contribution in [0.4, 0.5) is 9.59 Å². The number of rotatable bonds is 47. The number of methoxy groups -OCH3 is 1. The molecule has 10 nitrogen and oxygen atoms in total. The highest BCUT2D eigenvalue weighted by molar-refractivity contribution is 5.87. The summed E-state index contributed by atoms with van der Waals surface area (Å²) in [5, 5.41) is 8.76. The zero-order chi connectivity index (χ0) is 50.1. The highest BCUT2D eigenvalue weighted by atomic mass is 16.6. The van der Waals surface area contributed by atoms with Crippen molar-refractivity contribution in [2.24, 2.45) is 5.41 Å². The van der Waals surface area contributed by atoms with Crippen molar-refractivity contribution in [2.45, 2.75) is 310 Å². The number of ether oxygens (including phenoxy) is 4. The predicted molar refractivity (Wildman–Crippen MR) is 283 cm³/mol. The zero-order valence-corrected chi connectivity index (χ0v) is 46.3. The molecular formula is C57H113N3O7. The molecule has 0 saturated carbocycles. The second-order valence-electron chi connectivity index (χ2n) is 22.5. The third kappa shape index (κ3) is 40.4. The number of nitrogens with one attached hydrogen (secondary N) is 3. The average molecular weight is 953 g/mol. The molecule has 0 fully saturated rings. The predicted octanol–water partition coefficient (Wildman–Crippen LogP) is 16.3. The van der Waals surface area contributed by atoms with Crippen LogP contribution in [-0.2, 0) is 23.7 Å². The van der Waals surface area contributed by atoms with Gasteiger partial charge in [-0.3, -0.25) is 4.79 Å². The molecule has 2 atom stereocenters. The smallest absolute Gasteiger partial charge is 0.407 e. The molecule has 10 heteroatoms. The van der Waals surface area contributed by atoms with Crippen LogP contribution in [0.5, 0.6) is 0 Å². The van der Waals surface area contributed by atoms with E-state index in [1.54, 1.807) is 7.11 Å². The molecule has 0 spiro atoms. The molecule has 398 valence electrons. The van der Waals surface area contributed by atoms with Gasteiger partial charge in [-0.2, -0.15) is 0 Å². The quantitative estimate of drug-likeness (QED) is 0.0519. The molecule has 2 unspecified atom stereocenters. The van der Waals surface area contributed by atoms with Gasteiger partial charge in [-0.05, 0) is 78.6 Å². The summed E-state index contributed by atoms with van der Waals surface area (Å²) >= 11 is 0. The van der Waals surface area contributed by atoms with Gasteiger partial charge in [0, 0.05) is 12.6 Å². The maximum atomic E-state index is 14.0. The molecule has 0 aromatic carbocycles. The minimum atomic E-state index is -1.04. The van der Waals surface area contributed by atoms with Gasteiger partial charge in [0.1, 0.15) is 6.04 Å². The normalized spacial score (nSPS) is 13.5. The molecule has 3 N–H and O–H groups in total. The van der Waals surface area contributed by atoms with E-state index in [1.807, 2.05) is 6.92 Å². The second kappa shape index (κ2) is 40.6. The Morgan fingerprint density at radius 2 is 0.836 bits per heavy atom. The molecule has 0 aliphatic carbocycles. The molecule has 0 aromatic rings. The van der Waals surface area contributed by atoms with Gasteiger partial charge < -0.3 is 34.9 Å². The van der Waals surface area contributed by atoms with Crippen LogP contribution in [-0.4, -0.2) is 74.4 Å². The van der Waals surface area contributed by atoms with E-state index >= 15 is 0 Å². The van der Waals surface area contributed by atoms with E-state index in [0.29, 0.717) is 26.1 Å². The highest BCUT2D eigenvalue weighted by Crippen LogP contribution is 2.38. The van der Waals surface area contributed by atoms with Crippen LogP contribution in [0.1, 0.15) is 288 Å². The van der Waals surface area contributed by atoms with E-state index in [0.717, 1.165) is 51.4 Å². The van der Waals surface area contributed by atoms with Gasteiger partial charge >= 0.3 is 12.2 Å². The minimum Gasteiger partial charge on any atom is -0.450 e.